The number of nitrogens with zero attached hydrogens (tertiary/aromatic N) is 1. The Labute approximate surface area is 122 Å². The van der Waals surface area contributed by atoms with Crippen LogP contribution in [0.2, 0.25) is 0 Å². The molecule has 2 N–H and O–H groups in total. The normalized spacial score (nSPS) is 9.90. The first-order valence-corrected chi connectivity index (χ1v) is 6.50. The Kier molecular flexibility index (Phi) is 4.99. The van der Waals surface area contributed by atoms with E-state index in [9.17, 15) is 4.39 Å². The zero-order chi connectivity index (χ0) is 15.1. The maximum Gasteiger partial charge on any atom is 0.144 e. The van der Waals surface area contributed by atoms with Crippen molar-refractivity contribution in [3.63, 3.8) is 0 Å². The van der Waals surface area contributed by atoms with Gasteiger partial charge in [0.2, 0.25) is 0 Å². The van der Waals surface area contributed by atoms with Gasteiger partial charge in [-0.15, -0.1) is 0 Å². The second-order valence-electron chi connectivity index (χ2n) is 4.37. The van der Waals surface area contributed by atoms with E-state index >= 15 is 0 Å². The van der Waals surface area contributed by atoms with Gasteiger partial charge in [0, 0.05) is 18.2 Å². The van der Waals surface area contributed by atoms with Gasteiger partial charge in [0.1, 0.15) is 23.4 Å². The summed E-state index contributed by atoms with van der Waals surface area (Å²) in [5.41, 5.74) is 6.27. The summed E-state index contributed by atoms with van der Waals surface area (Å²) in [7, 11) is 0. The van der Waals surface area contributed by atoms with Crippen molar-refractivity contribution in [2.24, 2.45) is 0 Å². The molecule has 0 atom stereocenters. The summed E-state index contributed by atoms with van der Waals surface area (Å²) in [5, 5.41) is 8.63. The molecular weight excluding hydrogens is 271 g/mol. The first-order valence-electron chi connectivity index (χ1n) is 6.50. The molecule has 0 aromatic heterocycles. The fourth-order valence-corrected chi connectivity index (χ4v) is 1.68. The number of nitrogens with two attached hydrogens (primary N) is 1. The van der Waals surface area contributed by atoms with E-state index in [1.54, 1.807) is 36.4 Å². The number of nitrogen functional groups attached to an aromatic ring is 1. The number of hydrogen-bond acceptors (Lipinski definition) is 4. The van der Waals surface area contributed by atoms with Crippen LogP contribution in [0.4, 0.5) is 10.1 Å². The number of benzene rings is 2. The molecule has 108 valence electrons. The number of hydrogen-bond donors (Lipinski definition) is 1. The maximum atomic E-state index is 13.3. The lowest BCUT2D eigenvalue weighted by molar-refractivity contribution is 0.247. The van der Waals surface area contributed by atoms with Gasteiger partial charge in [-0.25, -0.2) is 4.39 Å². The summed E-state index contributed by atoms with van der Waals surface area (Å²) in [5.74, 6) is 0.570. The third-order valence-corrected chi connectivity index (χ3v) is 2.77. The molecule has 2 aromatic carbocycles. The number of ether oxygens (including phenoxy) is 2. The molecule has 0 amide bonds. The van der Waals surface area contributed by atoms with Gasteiger partial charge in [-0.2, -0.15) is 5.26 Å². The number of halogens is 1. The molecule has 0 aliphatic carbocycles. The Morgan fingerprint density at radius 2 is 1.62 bits per heavy atom. The van der Waals surface area contributed by atoms with Gasteiger partial charge < -0.3 is 15.2 Å². The largest absolute Gasteiger partial charge is 0.493 e. The minimum atomic E-state index is -0.576. The fourth-order valence-electron chi connectivity index (χ4n) is 1.68. The van der Waals surface area contributed by atoms with Gasteiger partial charge in [-0.3, -0.25) is 0 Å². The van der Waals surface area contributed by atoms with E-state index in [0.29, 0.717) is 31.1 Å². The van der Waals surface area contributed by atoms with Crippen LogP contribution in [-0.2, 0) is 0 Å². The second kappa shape index (κ2) is 7.15. The van der Waals surface area contributed by atoms with E-state index < -0.39 is 5.82 Å². The summed E-state index contributed by atoms with van der Waals surface area (Å²) >= 11 is 0. The molecule has 0 aliphatic rings. The van der Waals surface area contributed by atoms with Gasteiger partial charge in [-0.05, 0) is 36.4 Å². The topological polar surface area (TPSA) is 68.3 Å². The van der Waals surface area contributed by atoms with Crippen LogP contribution in [0.5, 0.6) is 11.5 Å². The van der Waals surface area contributed by atoms with Gasteiger partial charge in [0.25, 0.3) is 0 Å². The molecular formula is C16H15FN2O2. The first kappa shape index (κ1) is 14.7. The lowest BCUT2D eigenvalue weighted by atomic mass is 10.2. The molecule has 0 saturated carbocycles. The molecule has 0 unspecified atom stereocenters. The van der Waals surface area contributed by atoms with Gasteiger partial charge in [-0.1, -0.05) is 0 Å². The summed E-state index contributed by atoms with van der Waals surface area (Å²) in [6.45, 7) is 0.892. The maximum absolute atomic E-state index is 13.3. The highest BCUT2D eigenvalue weighted by atomic mass is 19.1. The molecule has 0 saturated heterocycles. The lowest BCUT2D eigenvalue weighted by Crippen LogP contribution is -2.05. The number of rotatable bonds is 6. The monoisotopic (exact) mass is 286 g/mol. The highest BCUT2D eigenvalue weighted by Gasteiger charge is 2.03. The van der Waals surface area contributed by atoms with E-state index in [4.69, 9.17) is 20.5 Å². The number of anilines is 1. The van der Waals surface area contributed by atoms with Crippen LogP contribution in [0.15, 0.2) is 42.5 Å². The third kappa shape index (κ3) is 4.39. The van der Waals surface area contributed by atoms with Crippen molar-refractivity contribution in [2.45, 2.75) is 6.42 Å². The van der Waals surface area contributed by atoms with Crippen LogP contribution >= 0.6 is 0 Å². The average molecular weight is 286 g/mol. The molecule has 0 heterocycles. The minimum Gasteiger partial charge on any atom is -0.493 e. The summed E-state index contributed by atoms with van der Waals surface area (Å²) in [4.78, 5) is 0. The molecule has 21 heavy (non-hydrogen) atoms. The lowest BCUT2D eigenvalue weighted by Gasteiger charge is -2.08. The van der Waals surface area contributed by atoms with Crippen LogP contribution < -0.4 is 15.2 Å². The SMILES string of the molecule is N#Cc1ccc(OCCCOc2ccc(N)cc2)cc1F. The Morgan fingerprint density at radius 3 is 2.24 bits per heavy atom. The first-order chi connectivity index (χ1) is 10.2. The Morgan fingerprint density at radius 1 is 1.00 bits per heavy atom. The van der Waals surface area contributed by atoms with Crippen molar-refractivity contribution in [3.8, 4) is 17.6 Å². The standard InChI is InChI=1S/C16H15FN2O2/c17-16-10-15(5-2-12(16)11-18)21-9-1-8-20-14-6-3-13(19)4-7-14/h2-7,10H,1,8-9,19H2. The molecule has 5 heteroatoms. The summed E-state index contributed by atoms with van der Waals surface area (Å²) in [6, 6.07) is 13.1. The van der Waals surface area contributed by atoms with E-state index in [0.717, 1.165) is 5.75 Å². The highest BCUT2D eigenvalue weighted by Crippen LogP contribution is 2.16. The van der Waals surface area contributed by atoms with E-state index in [2.05, 4.69) is 0 Å². The predicted molar refractivity (Wildman–Crippen MR) is 77.6 cm³/mol. The quantitative estimate of drug-likeness (QED) is 0.654. The highest BCUT2D eigenvalue weighted by molar-refractivity contribution is 5.41. The van der Waals surface area contributed by atoms with Gasteiger partial charge >= 0.3 is 0 Å². The smallest absolute Gasteiger partial charge is 0.144 e. The van der Waals surface area contributed by atoms with Crippen molar-refractivity contribution in [3.05, 3.63) is 53.8 Å². The molecule has 0 fully saturated rings. The molecule has 0 aliphatic heterocycles. The molecule has 0 spiro atoms. The molecule has 2 rings (SSSR count). The van der Waals surface area contributed by atoms with Crippen LogP contribution in [0.25, 0.3) is 0 Å². The number of nitriles is 1. The van der Waals surface area contributed by atoms with E-state index in [1.165, 1.54) is 12.1 Å². The van der Waals surface area contributed by atoms with Crippen molar-refractivity contribution in [2.75, 3.05) is 18.9 Å². The van der Waals surface area contributed by atoms with Crippen LogP contribution in [-0.4, -0.2) is 13.2 Å². The molecule has 0 radical (unpaired) electrons. The van der Waals surface area contributed by atoms with Crippen molar-refractivity contribution < 1.29 is 13.9 Å². The zero-order valence-corrected chi connectivity index (χ0v) is 11.4. The summed E-state index contributed by atoms with van der Waals surface area (Å²) in [6.07, 6.45) is 0.659. The minimum absolute atomic E-state index is 0.00836. The molecule has 2 aromatic rings. The van der Waals surface area contributed by atoms with Crippen molar-refractivity contribution in [1.82, 2.24) is 0 Å². The third-order valence-electron chi connectivity index (χ3n) is 2.77. The van der Waals surface area contributed by atoms with E-state index in [1.807, 2.05) is 0 Å². The fraction of sp³-hybridized carbons (Fsp3) is 0.188. The Balaban J connectivity index is 1.71. The van der Waals surface area contributed by atoms with E-state index in [-0.39, 0.29) is 5.56 Å². The Bertz CT molecular complexity index is 636. The summed E-state index contributed by atoms with van der Waals surface area (Å²) < 4.78 is 24.2. The van der Waals surface area contributed by atoms with Gasteiger partial charge in [0.05, 0.1) is 18.8 Å². The van der Waals surface area contributed by atoms with Crippen molar-refractivity contribution in [1.29, 1.82) is 5.26 Å². The second-order valence-corrected chi connectivity index (χ2v) is 4.37. The molecule has 0 bridgehead atoms. The van der Waals surface area contributed by atoms with Crippen LogP contribution in [0.3, 0.4) is 0 Å². The predicted octanol–water partition coefficient (Wildman–Crippen LogP) is 3.13. The molecule has 4 nitrogen and oxygen atoms in total. The van der Waals surface area contributed by atoms with Crippen molar-refractivity contribution >= 4 is 5.69 Å². The van der Waals surface area contributed by atoms with Gasteiger partial charge in [0.15, 0.2) is 0 Å². The Hall–Kier alpha value is -2.74. The van der Waals surface area contributed by atoms with Crippen LogP contribution in [0, 0.1) is 17.1 Å². The van der Waals surface area contributed by atoms with Crippen LogP contribution in [0.1, 0.15) is 12.0 Å². The average Bonchev–Trinajstić information content (AvgIpc) is 2.49. The zero-order valence-electron chi connectivity index (χ0n) is 11.4.